The second-order valence-corrected chi connectivity index (χ2v) is 5.00. The number of nitrogens with zero attached hydrogens (tertiary/aromatic N) is 1. The van der Waals surface area contributed by atoms with Crippen molar-refractivity contribution in [1.29, 1.82) is 0 Å². The molecule has 0 fully saturated rings. The molecule has 0 saturated heterocycles. The summed E-state index contributed by atoms with van der Waals surface area (Å²) in [5.41, 5.74) is 1.32. The molecular weight excluding hydrogens is 243 g/mol. The molecule has 88 valence electrons. The molecule has 0 amide bonds. The third kappa shape index (κ3) is 2.66. The summed E-state index contributed by atoms with van der Waals surface area (Å²) in [5.74, 6) is -0.585. The van der Waals surface area contributed by atoms with Crippen molar-refractivity contribution in [2.24, 2.45) is 5.14 Å². The molecule has 1 aromatic heterocycles. The molecular formula is C11H9FN2O2S. The van der Waals surface area contributed by atoms with Crippen molar-refractivity contribution in [3.8, 4) is 11.1 Å². The standard InChI is InChI=1S/C11H9FN2O2S/c12-11-7-9(5-6-14-11)8-1-3-10(4-2-8)17(13,15)16/h1-7H,(H2,13,15,16). The van der Waals surface area contributed by atoms with Crippen LogP contribution in [0.4, 0.5) is 4.39 Å². The molecule has 0 atom stereocenters. The summed E-state index contributed by atoms with van der Waals surface area (Å²) in [7, 11) is -3.70. The van der Waals surface area contributed by atoms with Crippen molar-refractivity contribution in [1.82, 2.24) is 4.98 Å². The van der Waals surface area contributed by atoms with Crippen LogP contribution in [0, 0.1) is 5.95 Å². The highest BCUT2D eigenvalue weighted by molar-refractivity contribution is 7.89. The van der Waals surface area contributed by atoms with E-state index < -0.39 is 16.0 Å². The number of hydrogen-bond acceptors (Lipinski definition) is 3. The van der Waals surface area contributed by atoms with E-state index in [1.807, 2.05) is 0 Å². The summed E-state index contributed by atoms with van der Waals surface area (Å²) < 4.78 is 35.0. The van der Waals surface area contributed by atoms with Gasteiger partial charge in [0.2, 0.25) is 16.0 Å². The normalized spacial score (nSPS) is 11.4. The Morgan fingerprint density at radius 2 is 1.71 bits per heavy atom. The maximum absolute atomic E-state index is 12.9. The van der Waals surface area contributed by atoms with Crippen molar-refractivity contribution in [3.63, 3.8) is 0 Å². The van der Waals surface area contributed by atoms with E-state index in [0.717, 1.165) is 0 Å². The van der Waals surface area contributed by atoms with Gasteiger partial charge in [0.25, 0.3) is 0 Å². The molecule has 1 heterocycles. The highest BCUT2D eigenvalue weighted by Crippen LogP contribution is 2.20. The fourth-order valence-electron chi connectivity index (χ4n) is 1.42. The summed E-state index contributed by atoms with van der Waals surface area (Å²) in [6.07, 6.45) is 1.35. The minimum Gasteiger partial charge on any atom is -0.228 e. The monoisotopic (exact) mass is 252 g/mol. The third-order valence-electron chi connectivity index (χ3n) is 2.24. The van der Waals surface area contributed by atoms with Crippen LogP contribution in [-0.4, -0.2) is 13.4 Å². The Hall–Kier alpha value is -1.79. The first-order valence-corrected chi connectivity index (χ1v) is 6.26. The Balaban J connectivity index is 2.43. The number of rotatable bonds is 2. The Bertz CT molecular complexity index is 639. The number of hydrogen-bond donors (Lipinski definition) is 1. The molecule has 0 aliphatic rings. The van der Waals surface area contributed by atoms with Gasteiger partial charge in [0, 0.05) is 12.3 Å². The van der Waals surface area contributed by atoms with E-state index in [-0.39, 0.29) is 4.90 Å². The minimum atomic E-state index is -3.70. The van der Waals surface area contributed by atoms with E-state index >= 15 is 0 Å². The van der Waals surface area contributed by atoms with Crippen LogP contribution in [0.25, 0.3) is 11.1 Å². The number of halogens is 1. The topological polar surface area (TPSA) is 73.1 Å². The third-order valence-corrected chi connectivity index (χ3v) is 3.17. The average Bonchev–Trinajstić information content (AvgIpc) is 2.28. The van der Waals surface area contributed by atoms with E-state index in [4.69, 9.17) is 5.14 Å². The van der Waals surface area contributed by atoms with Gasteiger partial charge in [0.15, 0.2) is 0 Å². The predicted molar refractivity (Wildman–Crippen MR) is 61.0 cm³/mol. The molecule has 2 N–H and O–H groups in total. The number of aromatic nitrogens is 1. The molecule has 2 aromatic rings. The molecule has 0 bridgehead atoms. The van der Waals surface area contributed by atoms with Gasteiger partial charge >= 0.3 is 0 Å². The van der Waals surface area contributed by atoms with Crippen molar-refractivity contribution < 1.29 is 12.8 Å². The molecule has 17 heavy (non-hydrogen) atoms. The van der Waals surface area contributed by atoms with Gasteiger partial charge in [0.05, 0.1) is 4.90 Å². The number of nitrogens with two attached hydrogens (primary N) is 1. The van der Waals surface area contributed by atoms with Crippen molar-refractivity contribution in [2.75, 3.05) is 0 Å². The Kier molecular flexibility index (Phi) is 2.91. The fourth-order valence-corrected chi connectivity index (χ4v) is 1.93. The number of pyridine rings is 1. The predicted octanol–water partition coefficient (Wildman–Crippen LogP) is 1.54. The van der Waals surface area contributed by atoms with Gasteiger partial charge in [-0.1, -0.05) is 12.1 Å². The highest BCUT2D eigenvalue weighted by Gasteiger charge is 2.07. The molecule has 0 spiro atoms. The van der Waals surface area contributed by atoms with Gasteiger partial charge in [-0.3, -0.25) is 0 Å². The Morgan fingerprint density at radius 3 is 2.24 bits per heavy atom. The van der Waals surface area contributed by atoms with Gasteiger partial charge in [-0.15, -0.1) is 0 Å². The van der Waals surface area contributed by atoms with Crippen LogP contribution >= 0.6 is 0 Å². The van der Waals surface area contributed by atoms with Gasteiger partial charge in [-0.25, -0.2) is 18.5 Å². The van der Waals surface area contributed by atoms with Crippen LogP contribution in [0.5, 0.6) is 0 Å². The molecule has 0 aliphatic heterocycles. The first kappa shape index (κ1) is 11.7. The first-order valence-electron chi connectivity index (χ1n) is 4.71. The zero-order valence-corrected chi connectivity index (χ0v) is 9.49. The summed E-state index contributed by atoms with van der Waals surface area (Å²) >= 11 is 0. The lowest BCUT2D eigenvalue weighted by Crippen LogP contribution is -2.11. The number of benzene rings is 1. The second kappa shape index (κ2) is 4.23. The lowest BCUT2D eigenvalue weighted by molar-refractivity contribution is 0.584. The zero-order valence-electron chi connectivity index (χ0n) is 8.67. The van der Waals surface area contributed by atoms with Crippen molar-refractivity contribution in [2.45, 2.75) is 4.90 Å². The van der Waals surface area contributed by atoms with Gasteiger partial charge in [0.1, 0.15) is 0 Å². The van der Waals surface area contributed by atoms with Gasteiger partial charge < -0.3 is 0 Å². The summed E-state index contributed by atoms with van der Waals surface area (Å²) in [6, 6.07) is 8.79. The van der Waals surface area contributed by atoms with E-state index in [0.29, 0.717) is 11.1 Å². The molecule has 2 rings (SSSR count). The summed E-state index contributed by atoms with van der Waals surface area (Å²) in [4.78, 5) is 3.46. The molecule has 6 heteroatoms. The van der Waals surface area contributed by atoms with Crippen LogP contribution in [0.2, 0.25) is 0 Å². The maximum Gasteiger partial charge on any atom is 0.238 e. The Labute approximate surface area is 98.0 Å². The quantitative estimate of drug-likeness (QED) is 0.824. The first-order chi connectivity index (χ1) is 7.97. The second-order valence-electron chi connectivity index (χ2n) is 3.44. The zero-order chi connectivity index (χ0) is 12.5. The van der Waals surface area contributed by atoms with Gasteiger partial charge in [-0.05, 0) is 29.3 Å². The van der Waals surface area contributed by atoms with Crippen LogP contribution in [0.3, 0.4) is 0 Å². The van der Waals surface area contributed by atoms with E-state index in [1.165, 1.54) is 24.4 Å². The van der Waals surface area contributed by atoms with Crippen LogP contribution in [-0.2, 0) is 10.0 Å². The van der Waals surface area contributed by atoms with Crippen molar-refractivity contribution >= 4 is 10.0 Å². The molecule has 4 nitrogen and oxygen atoms in total. The molecule has 0 unspecified atom stereocenters. The SMILES string of the molecule is NS(=O)(=O)c1ccc(-c2ccnc(F)c2)cc1. The number of sulfonamides is 1. The van der Waals surface area contributed by atoms with E-state index in [2.05, 4.69) is 4.98 Å². The summed E-state index contributed by atoms with van der Waals surface area (Å²) in [5, 5.41) is 4.97. The molecule has 0 saturated carbocycles. The lowest BCUT2D eigenvalue weighted by Gasteiger charge is -2.02. The van der Waals surface area contributed by atoms with Crippen LogP contribution in [0.1, 0.15) is 0 Å². The molecule has 0 radical (unpaired) electrons. The Morgan fingerprint density at radius 1 is 1.06 bits per heavy atom. The smallest absolute Gasteiger partial charge is 0.228 e. The maximum atomic E-state index is 12.9. The van der Waals surface area contributed by atoms with E-state index in [9.17, 15) is 12.8 Å². The van der Waals surface area contributed by atoms with E-state index in [1.54, 1.807) is 18.2 Å². The molecule has 1 aromatic carbocycles. The molecule has 0 aliphatic carbocycles. The van der Waals surface area contributed by atoms with Crippen molar-refractivity contribution in [3.05, 3.63) is 48.5 Å². The highest BCUT2D eigenvalue weighted by atomic mass is 32.2. The number of primary sulfonamides is 1. The van der Waals surface area contributed by atoms with Crippen LogP contribution < -0.4 is 5.14 Å². The van der Waals surface area contributed by atoms with Gasteiger partial charge in [-0.2, -0.15) is 4.39 Å². The minimum absolute atomic E-state index is 0.0239. The average molecular weight is 252 g/mol. The fraction of sp³-hybridized carbons (Fsp3) is 0. The summed E-state index contributed by atoms with van der Waals surface area (Å²) in [6.45, 7) is 0. The lowest BCUT2D eigenvalue weighted by atomic mass is 10.1. The van der Waals surface area contributed by atoms with Crippen LogP contribution in [0.15, 0.2) is 47.5 Å². The largest absolute Gasteiger partial charge is 0.238 e.